The summed E-state index contributed by atoms with van der Waals surface area (Å²) in [5, 5.41) is 11.4. The highest BCUT2D eigenvalue weighted by molar-refractivity contribution is 5.93. The molecule has 1 amide bonds. The van der Waals surface area contributed by atoms with Crippen molar-refractivity contribution in [3.63, 3.8) is 0 Å². The highest BCUT2D eigenvalue weighted by Gasteiger charge is 2.47. The average molecular weight is 197 g/mol. The molecule has 1 heterocycles. The third-order valence-electron chi connectivity index (χ3n) is 2.38. The van der Waals surface area contributed by atoms with Crippen LogP contribution in [-0.4, -0.2) is 36.2 Å². The van der Waals surface area contributed by atoms with Crippen LogP contribution in [0.15, 0.2) is 0 Å². The van der Waals surface area contributed by atoms with Gasteiger partial charge in [-0.1, -0.05) is 0 Å². The molecule has 1 rings (SSSR count). The van der Waals surface area contributed by atoms with E-state index in [1.807, 2.05) is 5.92 Å². The summed E-state index contributed by atoms with van der Waals surface area (Å²) in [6, 6.07) is -0.566. The molecule has 0 aromatic heterocycles. The van der Waals surface area contributed by atoms with Gasteiger partial charge in [-0.2, -0.15) is 0 Å². The zero-order chi connectivity index (χ0) is 10.8. The molecule has 5 nitrogen and oxygen atoms in total. The maximum Gasteiger partial charge on any atom is 0.313 e. The van der Waals surface area contributed by atoms with Crippen LogP contribution in [-0.2, 0) is 14.3 Å². The summed E-state index contributed by atoms with van der Waals surface area (Å²) in [7, 11) is 0. The molecule has 2 N–H and O–H groups in total. The molecule has 2 atom stereocenters. The lowest BCUT2D eigenvalue weighted by Crippen LogP contribution is -2.49. The normalized spacial score (nSPS) is 30.7. The smallest absolute Gasteiger partial charge is 0.313 e. The second-order valence-corrected chi connectivity index (χ2v) is 3.41. The van der Waals surface area contributed by atoms with Gasteiger partial charge >= 0.3 is 5.97 Å². The number of hydrogen-bond acceptors (Lipinski definition) is 3. The monoisotopic (exact) mass is 197 g/mol. The van der Waals surface area contributed by atoms with Crippen molar-refractivity contribution in [2.24, 2.45) is 5.41 Å². The number of ether oxygens (including phenoxy) is 1. The standard InChI is InChI=1S/C9H11NO4/c1-3-7(11)10-6-4-14-5-9(6,2)8(12)13/h1,6H,4-5H2,2H3,(H,10,11)(H,12,13). The van der Waals surface area contributed by atoms with Crippen LogP contribution in [0, 0.1) is 17.8 Å². The van der Waals surface area contributed by atoms with E-state index in [2.05, 4.69) is 5.32 Å². The molecule has 1 fully saturated rings. The van der Waals surface area contributed by atoms with Gasteiger partial charge in [-0.15, -0.1) is 6.42 Å². The predicted molar refractivity (Wildman–Crippen MR) is 47.3 cm³/mol. The Morgan fingerprint density at radius 1 is 1.71 bits per heavy atom. The number of amides is 1. The van der Waals surface area contributed by atoms with E-state index >= 15 is 0 Å². The number of rotatable bonds is 2. The maximum atomic E-state index is 10.9. The minimum atomic E-state index is -1.09. The van der Waals surface area contributed by atoms with Gasteiger partial charge in [0, 0.05) is 0 Å². The molecule has 2 unspecified atom stereocenters. The van der Waals surface area contributed by atoms with Crippen LogP contribution in [0.25, 0.3) is 0 Å². The van der Waals surface area contributed by atoms with Crippen molar-refractivity contribution in [1.82, 2.24) is 5.32 Å². The van der Waals surface area contributed by atoms with Gasteiger partial charge in [0.15, 0.2) is 0 Å². The summed E-state index contributed by atoms with van der Waals surface area (Å²) in [5.41, 5.74) is -1.09. The van der Waals surface area contributed by atoms with Crippen LogP contribution < -0.4 is 5.32 Å². The summed E-state index contributed by atoms with van der Waals surface area (Å²) < 4.78 is 5.02. The van der Waals surface area contributed by atoms with E-state index in [1.54, 1.807) is 0 Å². The second-order valence-electron chi connectivity index (χ2n) is 3.41. The third-order valence-corrected chi connectivity index (χ3v) is 2.38. The fourth-order valence-corrected chi connectivity index (χ4v) is 1.28. The van der Waals surface area contributed by atoms with E-state index in [4.69, 9.17) is 16.3 Å². The predicted octanol–water partition coefficient (Wildman–Crippen LogP) is -0.774. The molecule has 14 heavy (non-hydrogen) atoms. The molecule has 1 aliphatic heterocycles. The van der Waals surface area contributed by atoms with E-state index < -0.39 is 23.3 Å². The van der Waals surface area contributed by atoms with Crippen molar-refractivity contribution in [3.8, 4) is 12.3 Å². The van der Waals surface area contributed by atoms with Gasteiger partial charge in [-0.25, -0.2) is 0 Å². The first-order chi connectivity index (χ1) is 6.50. The largest absolute Gasteiger partial charge is 0.481 e. The number of aliphatic carboxylic acids is 1. The lowest BCUT2D eigenvalue weighted by molar-refractivity contribution is -0.148. The first-order valence-electron chi connectivity index (χ1n) is 4.09. The van der Waals surface area contributed by atoms with Crippen molar-refractivity contribution in [2.45, 2.75) is 13.0 Å². The van der Waals surface area contributed by atoms with E-state index in [-0.39, 0.29) is 13.2 Å². The quantitative estimate of drug-likeness (QED) is 0.570. The Kier molecular flexibility index (Phi) is 2.77. The first-order valence-corrected chi connectivity index (χ1v) is 4.09. The van der Waals surface area contributed by atoms with Crippen LogP contribution in [0.3, 0.4) is 0 Å². The maximum absolute atomic E-state index is 10.9. The number of hydrogen-bond donors (Lipinski definition) is 2. The lowest BCUT2D eigenvalue weighted by atomic mass is 9.85. The first kappa shape index (κ1) is 10.5. The highest BCUT2D eigenvalue weighted by atomic mass is 16.5. The van der Waals surface area contributed by atoms with Crippen LogP contribution in [0.2, 0.25) is 0 Å². The van der Waals surface area contributed by atoms with Crippen LogP contribution in [0.1, 0.15) is 6.92 Å². The third kappa shape index (κ3) is 1.70. The fraction of sp³-hybridized carbons (Fsp3) is 0.556. The molecule has 0 spiro atoms. The molecule has 5 heteroatoms. The summed E-state index contributed by atoms with van der Waals surface area (Å²) in [5.74, 6) is 0.250. The summed E-state index contributed by atoms with van der Waals surface area (Å²) >= 11 is 0. The van der Waals surface area contributed by atoms with Crippen molar-refractivity contribution < 1.29 is 19.4 Å². The lowest BCUT2D eigenvalue weighted by Gasteiger charge is -2.24. The highest BCUT2D eigenvalue weighted by Crippen LogP contribution is 2.28. The summed E-state index contributed by atoms with van der Waals surface area (Å²) in [4.78, 5) is 21.8. The number of terminal acetylenes is 1. The molecule has 76 valence electrons. The Labute approximate surface area is 81.4 Å². The van der Waals surface area contributed by atoms with Crippen molar-refractivity contribution in [3.05, 3.63) is 0 Å². The molecule has 1 aliphatic rings. The molecule has 0 aromatic rings. The van der Waals surface area contributed by atoms with Gasteiger partial charge in [0.25, 0.3) is 5.91 Å². The minimum Gasteiger partial charge on any atom is -0.481 e. The topological polar surface area (TPSA) is 75.6 Å². The van der Waals surface area contributed by atoms with E-state index in [0.717, 1.165) is 0 Å². The van der Waals surface area contributed by atoms with Gasteiger partial charge < -0.3 is 15.2 Å². The Hall–Kier alpha value is -1.54. The molecule has 0 radical (unpaired) electrons. The second kappa shape index (κ2) is 3.68. The van der Waals surface area contributed by atoms with Gasteiger partial charge in [0.05, 0.1) is 19.3 Å². The summed E-state index contributed by atoms with van der Waals surface area (Å²) in [6.07, 6.45) is 4.86. The van der Waals surface area contributed by atoms with Crippen molar-refractivity contribution in [1.29, 1.82) is 0 Å². The zero-order valence-electron chi connectivity index (χ0n) is 7.74. The molecular formula is C9H11NO4. The number of carbonyl (C=O) groups excluding carboxylic acids is 1. The molecule has 0 saturated carbocycles. The van der Waals surface area contributed by atoms with Gasteiger partial charge in [-0.05, 0) is 12.8 Å². The number of nitrogens with one attached hydrogen (secondary N) is 1. The zero-order valence-corrected chi connectivity index (χ0v) is 7.74. The van der Waals surface area contributed by atoms with Crippen molar-refractivity contribution in [2.75, 3.05) is 13.2 Å². The number of carboxylic acid groups (broad SMARTS) is 1. The minimum absolute atomic E-state index is 0.0812. The van der Waals surface area contributed by atoms with E-state index in [0.29, 0.717) is 0 Å². The number of carbonyl (C=O) groups is 2. The Balaban J connectivity index is 2.74. The molecular weight excluding hydrogens is 186 g/mol. The van der Waals surface area contributed by atoms with Gasteiger partial charge in [0.2, 0.25) is 0 Å². The molecule has 0 aromatic carbocycles. The average Bonchev–Trinajstić information content (AvgIpc) is 2.49. The van der Waals surface area contributed by atoms with E-state index in [1.165, 1.54) is 6.92 Å². The van der Waals surface area contributed by atoms with Crippen molar-refractivity contribution >= 4 is 11.9 Å². The summed E-state index contributed by atoms with van der Waals surface area (Å²) in [6.45, 7) is 1.78. The van der Waals surface area contributed by atoms with Gasteiger partial charge in [-0.3, -0.25) is 9.59 Å². The molecule has 1 saturated heterocycles. The van der Waals surface area contributed by atoms with Gasteiger partial charge in [0.1, 0.15) is 5.41 Å². The van der Waals surface area contributed by atoms with Crippen LogP contribution >= 0.6 is 0 Å². The molecule has 0 bridgehead atoms. The van der Waals surface area contributed by atoms with E-state index in [9.17, 15) is 9.59 Å². The SMILES string of the molecule is C#CC(=O)NC1COCC1(C)C(=O)O. The Morgan fingerprint density at radius 2 is 2.36 bits per heavy atom. The Bertz CT molecular complexity index is 306. The van der Waals surface area contributed by atoms with Crippen LogP contribution in [0.5, 0.6) is 0 Å². The number of carboxylic acids is 1. The fourth-order valence-electron chi connectivity index (χ4n) is 1.28. The Morgan fingerprint density at radius 3 is 2.86 bits per heavy atom. The molecule has 0 aliphatic carbocycles. The van der Waals surface area contributed by atoms with Crippen LogP contribution in [0.4, 0.5) is 0 Å².